The van der Waals surface area contributed by atoms with Gasteiger partial charge in [0.25, 0.3) is 5.91 Å². The number of halogens is 2. The Bertz CT molecular complexity index is 618. The molecule has 0 radical (unpaired) electrons. The molecule has 1 aromatic carbocycles. The fraction of sp³-hybridized carbons (Fsp3) is 0.400. The van der Waals surface area contributed by atoms with Crippen molar-refractivity contribution >= 4 is 17.7 Å². The van der Waals surface area contributed by atoms with Crippen molar-refractivity contribution in [3.63, 3.8) is 0 Å². The third-order valence-electron chi connectivity index (χ3n) is 3.44. The molecule has 0 bridgehead atoms. The van der Waals surface area contributed by atoms with Gasteiger partial charge in [0.1, 0.15) is 17.6 Å². The second-order valence-corrected chi connectivity index (χ2v) is 4.91. The van der Waals surface area contributed by atoms with Crippen LogP contribution in [0.3, 0.4) is 0 Å². The normalized spacial score (nSPS) is 18.2. The summed E-state index contributed by atoms with van der Waals surface area (Å²) in [6.45, 7) is 1.65. The van der Waals surface area contributed by atoms with Crippen molar-refractivity contribution in [3.8, 4) is 0 Å². The molecule has 1 aromatic rings. The Hall–Kier alpha value is -2.31. The van der Waals surface area contributed by atoms with Gasteiger partial charge in [-0.2, -0.15) is 0 Å². The maximum atomic E-state index is 13.6. The van der Waals surface area contributed by atoms with Crippen LogP contribution in [-0.2, 0) is 14.3 Å². The highest BCUT2D eigenvalue weighted by Crippen LogP contribution is 2.19. The number of ketones is 1. The lowest BCUT2D eigenvalue weighted by molar-refractivity contribution is -0.153. The van der Waals surface area contributed by atoms with Crippen molar-refractivity contribution in [1.82, 2.24) is 4.90 Å². The number of hydrogen-bond acceptors (Lipinski definition) is 4. The van der Waals surface area contributed by atoms with Gasteiger partial charge in [-0.1, -0.05) is 0 Å². The molecule has 1 unspecified atom stereocenters. The molecule has 22 heavy (non-hydrogen) atoms. The maximum absolute atomic E-state index is 13.6. The zero-order valence-corrected chi connectivity index (χ0v) is 12.0. The van der Waals surface area contributed by atoms with Crippen LogP contribution in [0, 0.1) is 17.6 Å². The zero-order chi connectivity index (χ0) is 16.3. The first-order chi connectivity index (χ1) is 10.4. The number of hydrogen-bond donors (Lipinski definition) is 0. The van der Waals surface area contributed by atoms with Gasteiger partial charge in [0.15, 0.2) is 5.78 Å². The van der Waals surface area contributed by atoms with Crippen LogP contribution in [-0.4, -0.2) is 42.3 Å². The lowest BCUT2D eigenvalue weighted by Crippen LogP contribution is -2.47. The summed E-state index contributed by atoms with van der Waals surface area (Å²) in [5.74, 6) is -4.40. The van der Waals surface area contributed by atoms with Gasteiger partial charge in [-0.25, -0.2) is 8.78 Å². The molecule has 2 rings (SSSR count). The van der Waals surface area contributed by atoms with Gasteiger partial charge in [-0.05, 0) is 25.5 Å². The summed E-state index contributed by atoms with van der Waals surface area (Å²) >= 11 is 0. The molecule has 0 saturated carbocycles. The standard InChI is InChI=1S/C15H15F2NO4/c1-2-22-15(21)11-5-6-18(8-13(11)19)14(20)10-4-3-9(16)7-12(10)17/h3-4,7,11H,2,5-6,8H2,1H3. The molecular weight excluding hydrogens is 296 g/mol. The number of rotatable bonds is 3. The number of piperidine rings is 1. The first kappa shape index (κ1) is 16.1. The topological polar surface area (TPSA) is 63.7 Å². The van der Waals surface area contributed by atoms with Gasteiger partial charge in [-0.3, -0.25) is 14.4 Å². The molecule has 118 valence electrons. The van der Waals surface area contributed by atoms with Crippen molar-refractivity contribution in [2.24, 2.45) is 5.92 Å². The molecular formula is C15H15F2NO4. The minimum atomic E-state index is -0.982. The van der Waals surface area contributed by atoms with Crippen LogP contribution >= 0.6 is 0 Å². The molecule has 7 heteroatoms. The van der Waals surface area contributed by atoms with Gasteiger partial charge in [-0.15, -0.1) is 0 Å². The van der Waals surface area contributed by atoms with Crippen molar-refractivity contribution < 1.29 is 27.9 Å². The van der Waals surface area contributed by atoms with E-state index in [1.54, 1.807) is 6.92 Å². The summed E-state index contributed by atoms with van der Waals surface area (Å²) in [5.41, 5.74) is -0.302. The summed E-state index contributed by atoms with van der Waals surface area (Å²) in [5, 5.41) is 0. The first-order valence-electron chi connectivity index (χ1n) is 6.87. The van der Waals surface area contributed by atoms with E-state index >= 15 is 0 Å². The fourth-order valence-electron chi connectivity index (χ4n) is 2.32. The highest BCUT2D eigenvalue weighted by atomic mass is 19.1. The highest BCUT2D eigenvalue weighted by Gasteiger charge is 2.35. The average molecular weight is 311 g/mol. The van der Waals surface area contributed by atoms with Crippen molar-refractivity contribution in [3.05, 3.63) is 35.4 Å². The number of carbonyl (C=O) groups is 3. The number of nitrogens with zero attached hydrogens (tertiary/aromatic N) is 1. The van der Waals surface area contributed by atoms with Crippen molar-refractivity contribution in [1.29, 1.82) is 0 Å². The zero-order valence-electron chi connectivity index (χ0n) is 12.0. The van der Waals surface area contributed by atoms with E-state index in [2.05, 4.69) is 0 Å². The molecule has 1 amide bonds. The number of Topliss-reactive ketones (excluding diaryl/α,β-unsaturated/α-hetero) is 1. The molecule has 0 aromatic heterocycles. The van der Waals surface area contributed by atoms with Crippen LogP contribution in [0.25, 0.3) is 0 Å². The van der Waals surface area contributed by atoms with Gasteiger partial charge in [0.2, 0.25) is 0 Å². The third-order valence-corrected chi connectivity index (χ3v) is 3.44. The molecule has 0 aliphatic carbocycles. The minimum Gasteiger partial charge on any atom is -0.465 e. The largest absolute Gasteiger partial charge is 0.465 e. The minimum absolute atomic E-state index is 0.130. The molecule has 1 atom stereocenters. The van der Waals surface area contributed by atoms with Crippen LogP contribution in [0.2, 0.25) is 0 Å². The SMILES string of the molecule is CCOC(=O)C1CCN(C(=O)c2ccc(F)cc2F)CC1=O. The van der Waals surface area contributed by atoms with E-state index in [4.69, 9.17) is 4.74 Å². The number of carbonyl (C=O) groups excluding carboxylic acids is 3. The predicted molar refractivity (Wildman–Crippen MR) is 72.0 cm³/mol. The second-order valence-electron chi connectivity index (χ2n) is 4.91. The molecule has 0 spiro atoms. The first-order valence-corrected chi connectivity index (χ1v) is 6.87. The van der Waals surface area contributed by atoms with E-state index in [1.165, 1.54) is 0 Å². The van der Waals surface area contributed by atoms with Gasteiger partial charge < -0.3 is 9.64 Å². The number of esters is 1. The van der Waals surface area contributed by atoms with E-state index in [9.17, 15) is 23.2 Å². The lowest BCUT2D eigenvalue weighted by Gasteiger charge is -2.29. The van der Waals surface area contributed by atoms with Crippen LogP contribution in [0.1, 0.15) is 23.7 Å². The number of amides is 1. The van der Waals surface area contributed by atoms with Crippen molar-refractivity contribution in [2.45, 2.75) is 13.3 Å². The van der Waals surface area contributed by atoms with Gasteiger partial charge in [0.05, 0.1) is 18.7 Å². The molecule has 1 fully saturated rings. The van der Waals surface area contributed by atoms with E-state index in [0.29, 0.717) is 6.07 Å². The summed E-state index contributed by atoms with van der Waals surface area (Å²) in [6, 6.07) is 2.62. The molecule has 5 nitrogen and oxygen atoms in total. The summed E-state index contributed by atoms with van der Waals surface area (Å²) < 4.78 is 31.3. The summed E-state index contributed by atoms with van der Waals surface area (Å²) in [4.78, 5) is 36.9. The predicted octanol–water partition coefficient (Wildman–Crippen LogP) is 1.56. The molecule has 1 aliphatic heterocycles. The maximum Gasteiger partial charge on any atom is 0.316 e. The van der Waals surface area contributed by atoms with E-state index in [1.807, 2.05) is 0 Å². The number of likely N-dealkylation sites (tertiary alicyclic amines) is 1. The van der Waals surface area contributed by atoms with Gasteiger partial charge in [0, 0.05) is 12.6 Å². The van der Waals surface area contributed by atoms with E-state index in [-0.39, 0.29) is 31.7 Å². The van der Waals surface area contributed by atoms with Crippen molar-refractivity contribution in [2.75, 3.05) is 19.7 Å². The Morgan fingerprint density at radius 1 is 1.36 bits per heavy atom. The van der Waals surface area contributed by atoms with Crippen LogP contribution < -0.4 is 0 Å². The second kappa shape index (κ2) is 6.64. The Balaban J connectivity index is 2.08. The van der Waals surface area contributed by atoms with E-state index in [0.717, 1.165) is 17.0 Å². The lowest BCUT2D eigenvalue weighted by atomic mass is 9.95. The average Bonchev–Trinajstić information content (AvgIpc) is 2.46. The monoisotopic (exact) mass is 311 g/mol. The molecule has 0 N–H and O–H groups in total. The summed E-state index contributed by atoms with van der Waals surface area (Å²) in [7, 11) is 0. The van der Waals surface area contributed by atoms with Crippen LogP contribution in [0.15, 0.2) is 18.2 Å². The van der Waals surface area contributed by atoms with E-state index < -0.39 is 35.2 Å². The Morgan fingerprint density at radius 2 is 2.09 bits per heavy atom. The number of ether oxygens (including phenoxy) is 1. The van der Waals surface area contributed by atoms with Crippen LogP contribution in [0.5, 0.6) is 0 Å². The third kappa shape index (κ3) is 3.29. The smallest absolute Gasteiger partial charge is 0.316 e. The molecule has 1 saturated heterocycles. The van der Waals surface area contributed by atoms with Gasteiger partial charge >= 0.3 is 5.97 Å². The Labute approximate surface area is 125 Å². The Kier molecular flexibility index (Phi) is 4.85. The fourth-order valence-corrected chi connectivity index (χ4v) is 2.32. The highest BCUT2D eigenvalue weighted by molar-refractivity contribution is 6.04. The quantitative estimate of drug-likeness (QED) is 0.628. The summed E-state index contributed by atoms with van der Waals surface area (Å²) in [6.07, 6.45) is 0.131. The Morgan fingerprint density at radius 3 is 2.68 bits per heavy atom. The van der Waals surface area contributed by atoms with Crippen LogP contribution in [0.4, 0.5) is 8.78 Å². The molecule has 1 aliphatic rings. The number of benzene rings is 1. The molecule has 1 heterocycles.